The molecule has 0 aliphatic heterocycles. The number of nitriles is 1. The van der Waals surface area contributed by atoms with Crippen molar-refractivity contribution in [2.24, 2.45) is 5.92 Å². The predicted molar refractivity (Wildman–Crippen MR) is 63.5 cm³/mol. The molecule has 1 saturated carbocycles. The van der Waals surface area contributed by atoms with E-state index >= 15 is 0 Å². The van der Waals surface area contributed by atoms with Gasteiger partial charge in [0.25, 0.3) is 0 Å². The molecule has 0 unspecified atom stereocenters. The molecule has 0 spiro atoms. The summed E-state index contributed by atoms with van der Waals surface area (Å²) in [6.07, 6.45) is 8.20. The maximum Gasteiger partial charge on any atom is 0.106 e. The van der Waals surface area contributed by atoms with Gasteiger partial charge in [-0.3, -0.25) is 5.32 Å². The second kappa shape index (κ2) is 6.12. The Hall–Kier alpha value is -0.550. The Morgan fingerprint density at radius 1 is 1.33 bits per heavy atom. The van der Waals surface area contributed by atoms with Crippen LogP contribution in [-0.2, 0) is 0 Å². The zero-order valence-corrected chi connectivity index (χ0v) is 10.2. The Bertz CT molecular complexity index is 209. The van der Waals surface area contributed by atoms with Crippen LogP contribution in [0.3, 0.4) is 0 Å². The fraction of sp³-hybridized carbons (Fsp3) is 0.923. The van der Waals surface area contributed by atoms with Crippen LogP contribution in [0.1, 0.15) is 58.8 Å². The number of hydrogen-bond donors (Lipinski definition) is 1. The monoisotopic (exact) mass is 208 g/mol. The summed E-state index contributed by atoms with van der Waals surface area (Å²) in [6.45, 7) is 5.51. The molecule has 0 aromatic rings. The minimum Gasteiger partial charge on any atom is -0.299 e. The van der Waals surface area contributed by atoms with Crippen LogP contribution >= 0.6 is 0 Å². The normalized spacial score (nSPS) is 31.1. The van der Waals surface area contributed by atoms with Crippen molar-refractivity contribution in [1.29, 1.82) is 5.26 Å². The molecule has 1 aliphatic carbocycles. The molecule has 0 saturated heterocycles. The molecule has 0 aromatic heterocycles. The maximum absolute atomic E-state index is 9.27. The van der Waals surface area contributed by atoms with Gasteiger partial charge in [0, 0.05) is 0 Å². The van der Waals surface area contributed by atoms with E-state index in [1.54, 1.807) is 0 Å². The summed E-state index contributed by atoms with van der Waals surface area (Å²) < 4.78 is 0. The molecule has 1 aliphatic rings. The van der Waals surface area contributed by atoms with Crippen molar-refractivity contribution in [3.8, 4) is 6.07 Å². The fourth-order valence-corrected chi connectivity index (χ4v) is 2.29. The summed E-state index contributed by atoms with van der Waals surface area (Å²) in [6, 6.07) is 2.50. The zero-order chi connectivity index (χ0) is 11.1. The van der Waals surface area contributed by atoms with Gasteiger partial charge in [-0.1, -0.05) is 26.7 Å². The summed E-state index contributed by atoms with van der Waals surface area (Å²) in [7, 11) is 0. The lowest BCUT2D eigenvalue weighted by Crippen LogP contribution is -2.46. The minimum absolute atomic E-state index is 0.194. The van der Waals surface area contributed by atoms with E-state index in [1.165, 1.54) is 32.1 Å². The molecular weight excluding hydrogens is 184 g/mol. The lowest BCUT2D eigenvalue weighted by Gasteiger charge is -2.34. The van der Waals surface area contributed by atoms with Gasteiger partial charge < -0.3 is 0 Å². The smallest absolute Gasteiger partial charge is 0.106 e. The first-order valence-corrected chi connectivity index (χ1v) is 6.39. The van der Waals surface area contributed by atoms with Gasteiger partial charge in [0.2, 0.25) is 0 Å². The van der Waals surface area contributed by atoms with Crippen LogP contribution in [0.5, 0.6) is 0 Å². The van der Waals surface area contributed by atoms with Crippen molar-refractivity contribution < 1.29 is 0 Å². The highest BCUT2D eigenvalue weighted by molar-refractivity contribution is 5.08. The molecule has 0 amide bonds. The lowest BCUT2D eigenvalue weighted by molar-refractivity contribution is 0.248. The molecule has 1 fully saturated rings. The summed E-state index contributed by atoms with van der Waals surface area (Å²) in [5.74, 6) is 0.809. The van der Waals surface area contributed by atoms with Crippen molar-refractivity contribution >= 4 is 0 Å². The number of rotatable bonds is 5. The summed E-state index contributed by atoms with van der Waals surface area (Å²) in [4.78, 5) is 0. The molecule has 0 bridgehead atoms. The third kappa shape index (κ3) is 3.83. The maximum atomic E-state index is 9.27. The molecule has 86 valence electrons. The molecular formula is C13H24N2. The second-order valence-electron chi connectivity index (χ2n) is 5.01. The number of nitrogens with one attached hydrogen (secondary N) is 1. The predicted octanol–water partition coefficient (Wildman–Crippen LogP) is 3.24. The fourth-order valence-electron chi connectivity index (χ4n) is 2.29. The van der Waals surface area contributed by atoms with Crippen LogP contribution in [0.15, 0.2) is 0 Å². The summed E-state index contributed by atoms with van der Waals surface area (Å²) >= 11 is 0. The highest BCUT2D eigenvalue weighted by atomic mass is 15.0. The Kier molecular flexibility index (Phi) is 5.11. The quantitative estimate of drug-likeness (QED) is 0.704. The van der Waals surface area contributed by atoms with E-state index in [0.29, 0.717) is 0 Å². The van der Waals surface area contributed by atoms with E-state index in [-0.39, 0.29) is 5.54 Å². The van der Waals surface area contributed by atoms with Gasteiger partial charge in [0.15, 0.2) is 0 Å². The Morgan fingerprint density at radius 3 is 2.53 bits per heavy atom. The van der Waals surface area contributed by atoms with E-state index in [1.807, 2.05) is 0 Å². The van der Waals surface area contributed by atoms with Crippen LogP contribution in [0.25, 0.3) is 0 Å². The van der Waals surface area contributed by atoms with Crippen molar-refractivity contribution in [3.05, 3.63) is 0 Å². The summed E-state index contributed by atoms with van der Waals surface area (Å²) in [5.41, 5.74) is -0.194. The van der Waals surface area contributed by atoms with Crippen LogP contribution in [0.4, 0.5) is 0 Å². The Balaban J connectivity index is 2.31. The Morgan fingerprint density at radius 2 is 2.00 bits per heavy atom. The standard InChI is InChI=1S/C13H24N2/c1-3-4-5-10-15-13(11-14)8-6-12(2)7-9-13/h12,15H,3-10H2,1-2H3. The first-order valence-electron chi connectivity index (χ1n) is 6.39. The van der Waals surface area contributed by atoms with E-state index in [9.17, 15) is 5.26 Å². The van der Waals surface area contributed by atoms with Gasteiger partial charge >= 0.3 is 0 Å². The van der Waals surface area contributed by atoms with Gasteiger partial charge in [-0.25, -0.2) is 0 Å². The van der Waals surface area contributed by atoms with Crippen molar-refractivity contribution in [2.45, 2.75) is 64.3 Å². The second-order valence-corrected chi connectivity index (χ2v) is 5.01. The van der Waals surface area contributed by atoms with Crippen LogP contribution in [0.2, 0.25) is 0 Å². The lowest BCUT2D eigenvalue weighted by atomic mass is 9.78. The topological polar surface area (TPSA) is 35.8 Å². The number of nitrogens with zero attached hydrogens (tertiary/aromatic N) is 1. The van der Waals surface area contributed by atoms with E-state index < -0.39 is 0 Å². The van der Waals surface area contributed by atoms with Crippen molar-refractivity contribution in [2.75, 3.05) is 6.54 Å². The highest BCUT2D eigenvalue weighted by Crippen LogP contribution is 2.31. The van der Waals surface area contributed by atoms with Gasteiger partial charge in [-0.05, 0) is 44.6 Å². The third-order valence-corrected chi connectivity index (χ3v) is 3.59. The largest absolute Gasteiger partial charge is 0.299 e. The molecule has 0 radical (unpaired) electrons. The Labute approximate surface area is 94.1 Å². The van der Waals surface area contributed by atoms with E-state index in [2.05, 4.69) is 25.2 Å². The van der Waals surface area contributed by atoms with Gasteiger partial charge in [0.05, 0.1) is 6.07 Å². The van der Waals surface area contributed by atoms with Crippen molar-refractivity contribution in [1.82, 2.24) is 5.32 Å². The first-order chi connectivity index (χ1) is 7.22. The van der Waals surface area contributed by atoms with Gasteiger partial charge in [-0.2, -0.15) is 5.26 Å². The number of hydrogen-bond acceptors (Lipinski definition) is 2. The SMILES string of the molecule is CCCCCNC1(C#N)CCC(C)CC1. The molecule has 0 atom stereocenters. The zero-order valence-electron chi connectivity index (χ0n) is 10.2. The van der Waals surface area contributed by atoms with E-state index in [0.717, 1.165) is 25.3 Å². The average molecular weight is 208 g/mol. The number of unbranched alkanes of at least 4 members (excludes halogenated alkanes) is 2. The summed E-state index contributed by atoms with van der Waals surface area (Å²) in [5, 5.41) is 12.8. The van der Waals surface area contributed by atoms with Gasteiger partial charge in [-0.15, -0.1) is 0 Å². The van der Waals surface area contributed by atoms with Crippen LogP contribution in [0, 0.1) is 17.2 Å². The van der Waals surface area contributed by atoms with E-state index in [4.69, 9.17) is 0 Å². The average Bonchev–Trinajstić information content (AvgIpc) is 2.28. The first kappa shape index (κ1) is 12.5. The van der Waals surface area contributed by atoms with Crippen LogP contribution in [-0.4, -0.2) is 12.1 Å². The highest BCUT2D eigenvalue weighted by Gasteiger charge is 2.33. The molecule has 0 heterocycles. The molecule has 15 heavy (non-hydrogen) atoms. The third-order valence-electron chi connectivity index (χ3n) is 3.59. The molecule has 2 nitrogen and oxygen atoms in total. The molecule has 1 N–H and O–H groups in total. The van der Waals surface area contributed by atoms with Gasteiger partial charge in [0.1, 0.15) is 5.54 Å². The minimum atomic E-state index is -0.194. The molecule has 1 rings (SSSR count). The molecule has 2 heteroatoms. The van der Waals surface area contributed by atoms with Crippen LogP contribution < -0.4 is 5.32 Å². The molecule has 0 aromatic carbocycles. The van der Waals surface area contributed by atoms with Crippen molar-refractivity contribution in [3.63, 3.8) is 0 Å².